The minimum Gasteiger partial charge on any atom is -0.496 e. The van der Waals surface area contributed by atoms with Crippen LogP contribution in [0.5, 0.6) is 5.75 Å². The van der Waals surface area contributed by atoms with Gasteiger partial charge in [-0.15, -0.1) is 0 Å². The zero-order chi connectivity index (χ0) is 12.7. The molecule has 0 aliphatic rings. The lowest BCUT2D eigenvalue weighted by Gasteiger charge is -2.12. The Labute approximate surface area is 102 Å². The zero-order valence-electron chi connectivity index (χ0n) is 10.5. The Bertz CT molecular complexity index is 356. The van der Waals surface area contributed by atoms with Crippen molar-refractivity contribution in [2.75, 3.05) is 20.8 Å². The van der Waals surface area contributed by atoms with Gasteiger partial charge in [0.15, 0.2) is 0 Å². The van der Waals surface area contributed by atoms with Crippen LogP contribution in [-0.2, 0) is 17.8 Å². The molecule has 0 unspecified atom stereocenters. The standard InChI is InChI=1S/C13H20FNO2/c1-16-9-11-12(17-2)7-6-10(13(11)14)5-3-4-8-15/h6-7H,3-5,8-9,15H2,1-2H3. The molecule has 1 aromatic rings. The van der Waals surface area contributed by atoms with Crippen LogP contribution in [0.2, 0.25) is 0 Å². The lowest BCUT2D eigenvalue weighted by atomic mass is 10.0. The molecule has 0 aromatic heterocycles. The second-order valence-electron chi connectivity index (χ2n) is 3.90. The van der Waals surface area contributed by atoms with E-state index in [-0.39, 0.29) is 12.4 Å². The van der Waals surface area contributed by atoms with Crippen LogP contribution in [0.4, 0.5) is 4.39 Å². The number of rotatable bonds is 7. The first-order chi connectivity index (χ1) is 8.24. The first-order valence-corrected chi connectivity index (χ1v) is 5.77. The van der Waals surface area contributed by atoms with Gasteiger partial charge in [0.25, 0.3) is 0 Å². The highest BCUT2D eigenvalue weighted by molar-refractivity contribution is 5.38. The largest absolute Gasteiger partial charge is 0.496 e. The van der Waals surface area contributed by atoms with Crippen molar-refractivity contribution < 1.29 is 13.9 Å². The minimum atomic E-state index is -0.219. The maximum absolute atomic E-state index is 14.1. The number of methoxy groups -OCH3 is 2. The average Bonchev–Trinajstić information content (AvgIpc) is 2.34. The number of benzene rings is 1. The Kier molecular flexibility index (Phi) is 5.94. The van der Waals surface area contributed by atoms with Gasteiger partial charge in [-0.1, -0.05) is 6.07 Å². The van der Waals surface area contributed by atoms with Gasteiger partial charge in [-0.25, -0.2) is 4.39 Å². The third kappa shape index (κ3) is 3.68. The summed E-state index contributed by atoms with van der Waals surface area (Å²) >= 11 is 0. The summed E-state index contributed by atoms with van der Waals surface area (Å²) in [5, 5.41) is 0. The predicted molar refractivity (Wildman–Crippen MR) is 65.7 cm³/mol. The van der Waals surface area contributed by atoms with Crippen LogP contribution in [-0.4, -0.2) is 20.8 Å². The van der Waals surface area contributed by atoms with E-state index in [0.717, 1.165) is 12.8 Å². The molecule has 2 N–H and O–H groups in total. The first kappa shape index (κ1) is 13.9. The van der Waals surface area contributed by atoms with E-state index in [1.54, 1.807) is 19.2 Å². The van der Waals surface area contributed by atoms with Crippen LogP contribution >= 0.6 is 0 Å². The SMILES string of the molecule is COCc1c(OC)ccc(CCCCN)c1F. The lowest BCUT2D eigenvalue weighted by molar-refractivity contribution is 0.177. The minimum absolute atomic E-state index is 0.219. The number of ether oxygens (including phenoxy) is 2. The smallest absolute Gasteiger partial charge is 0.135 e. The van der Waals surface area contributed by atoms with Crippen molar-refractivity contribution in [1.29, 1.82) is 0 Å². The molecule has 0 radical (unpaired) electrons. The van der Waals surface area contributed by atoms with Gasteiger partial charge in [0.1, 0.15) is 11.6 Å². The van der Waals surface area contributed by atoms with Gasteiger partial charge in [0.2, 0.25) is 0 Å². The van der Waals surface area contributed by atoms with E-state index in [0.29, 0.717) is 29.8 Å². The normalized spacial score (nSPS) is 10.6. The zero-order valence-corrected chi connectivity index (χ0v) is 10.5. The monoisotopic (exact) mass is 241 g/mol. The molecule has 0 amide bonds. The van der Waals surface area contributed by atoms with E-state index in [4.69, 9.17) is 15.2 Å². The number of hydrogen-bond acceptors (Lipinski definition) is 3. The molecule has 1 aromatic carbocycles. The Morgan fingerprint density at radius 3 is 2.59 bits per heavy atom. The second kappa shape index (κ2) is 7.25. The van der Waals surface area contributed by atoms with Crippen molar-refractivity contribution in [2.45, 2.75) is 25.9 Å². The van der Waals surface area contributed by atoms with Crippen molar-refractivity contribution in [3.63, 3.8) is 0 Å². The molecule has 0 heterocycles. The Morgan fingerprint density at radius 2 is 2.00 bits per heavy atom. The van der Waals surface area contributed by atoms with E-state index in [9.17, 15) is 4.39 Å². The van der Waals surface area contributed by atoms with Crippen LogP contribution in [0.25, 0.3) is 0 Å². The predicted octanol–water partition coefficient (Wildman–Crippen LogP) is 2.26. The van der Waals surface area contributed by atoms with Gasteiger partial charge in [0, 0.05) is 7.11 Å². The van der Waals surface area contributed by atoms with Gasteiger partial charge in [0.05, 0.1) is 19.3 Å². The molecule has 0 bridgehead atoms. The van der Waals surface area contributed by atoms with Gasteiger partial charge in [-0.2, -0.15) is 0 Å². The highest BCUT2D eigenvalue weighted by atomic mass is 19.1. The van der Waals surface area contributed by atoms with E-state index in [1.165, 1.54) is 7.11 Å². The summed E-state index contributed by atoms with van der Waals surface area (Å²) in [4.78, 5) is 0. The maximum Gasteiger partial charge on any atom is 0.135 e. The molecule has 3 nitrogen and oxygen atoms in total. The fourth-order valence-corrected chi connectivity index (χ4v) is 1.77. The maximum atomic E-state index is 14.1. The number of aryl methyl sites for hydroxylation is 1. The Morgan fingerprint density at radius 1 is 1.24 bits per heavy atom. The average molecular weight is 241 g/mol. The lowest BCUT2D eigenvalue weighted by Crippen LogP contribution is -2.03. The molecule has 0 saturated heterocycles. The highest BCUT2D eigenvalue weighted by Crippen LogP contribution is 2.25. The molecule has 1 rings (SSSR count). The van der Waals surface area contributed by atoms with Crippen molar-refractivity contribution in [3.05, 3.63) is 29.1 Å². The Hall–Kier alpha value is -1.13. The molecule has 0 spiro atoms. The fraction of sp³-hybridized carbons (Fsp3) is 0.538. The number of nitrogens with two attached hydrogens (primary N) is 1. The molecular weight excluding hydrogens is 221 g/mol. The summed E-state index contributed by atoms with van der Waals surface area (Å²) in [5.41, 5.74) is 6.61. The van der Waals surface area contributed by atoms with E-state index < -0.39 is 0 Å². The van der Waals surface area contributed by atoms with E-state index >= 15 is 0 Å². The number of hydrogen-bond donors (Lipinski definition) is 1. The van der Waals surface area contributed by atoms with Crippen LogP contribution in [0.3, 0.4) is 0 Å². The molecular formula is C13H20FNO2. The van der Waals surface area contributed by atoms with Gasteiger partial charge >= 0.3 is 0 Å². The summed E-state index contributed by atoms with van der Waals surface area (Å²) in [7, 11) is 3.07. The van der Waals surface area contributed by atoms with Crippen molar-refractivity contribution in [2.24, 2.45) is 5.73 Å². The second-order valence-corrected chi connectivity index (χ2v) is 3.90. The molecule has 0 aliphatic carbocycles. The Balaban J connectivity index is 2.88. The number of unbranched alkanes of at least 4 members (excludes halogenated alkanes) is 1. The van der Waals surface area contributed by atoms with Crippen LogP contribution in [0.15, 0.2) is 12.1 Å². The summed E-state index contributed by atoms with van der Waals surface area (Å²) < 4.78 is 24.3. The van der Waals surface area contributed by atoms with Crippen molar-refractivity contribution in [1.82, 2.24) is 0 Å². The van der Waals surface area contributed by atoms with Crippen molar-refractivity contribution in [3.8, 4) is 5.75 Å². The highest BCUT2D eigenvalue weighted by Gasteiger charge is 2.13. The third-order valence-electron chi connectivity index (χ3n) is 2.69. The fourth-order valence-electron chi connectivity index (χ4n) is 1.77. The molecule has 4 heteroatoms. The summed E-state index contributed by atoms with van der Waals surface area (Å²) in [6, 6.07) is 3.55. The summed E-state index contributed by atoms with van der Waals surface area (Å²) in [6.07, 6.45) is 2.50. The van der Waals surface area contributed by atoms with E-state index in [2.05, 4.69) is 0 Å². The van der Waals surface area contributed by atoms with Crippen LogP contribution in [0, 0.1) is 5.82 Å². The first-order valence-electron chi connectivity index (χ1n) is 5.77. The third-order valence-corrected chi connectivity index (χ3v) is 2.69. The number of halogens is 1. The van der Waals surface area contributed by atoms with Crippen molar-refractivity contribution >= 4 is 0 Å². The quantitative estimate of drug-likeness (QED) is 0.745. The van der Waals surface area contributed by atoms with Gasteiger partial charge < -0.3 is 15.2 Å². The summed E-state index contributed by atoms with van der Waals surface area (Å²) in [5.74, 6) is 0.315. The molecule has 96 valence electrons. The molecule has 0 saturated carbocycles. The molecule has 17 heavy (non-hydrogen) atoms. The molecule has 0 fully saturated rings. The molecule has 0 aliphatic heterocycles. The van der Waals surface area contributed by atoms with Gasteiger partial charge in [-0.3, -0.25) is 0 Å². The van der Waals surface area contributed by atoms with Gasteiger partial charge in [-0.05, 0) is 37.4 Å². The molecule has 0 atom stereocenters. The van der Waals surface area contributed by atoms with E-state index in [1.807, 2.05) is 0 Å². The summed E-state index contributed by atoms with van der Waals surface area (Å²) in [6.45, 7) is 0.864. The van der Waals surface area contributed by atoms with Crippen LogP contribution in [0.1, 0.15) is 24.0 Å². The van der Waals surface area contributed by atoms with Crippen LogP contribution < -0.4 is 10.5 Å². The topological polar surface area (TPSA) is 44.5 Å².